The van der Waals surface area contributed by atoms with Crippen molar-refractivity contribution in [3.8, 4) is 11.5 Å². The first-order chi connectivity index (χ1) is 18.4. The molecule has 0 aliphatic carbocycles. The van der Waals surface area contributed by atoms with Gasteiger partial charge in [-0.15, -0.1) is 0 Å². The van der Waals surface area contributed by atoms with E-state index < -0.39 is 0 Å². The summed E-state index contributed by atoms with van der Waals surface area (Å²) in [5.41, 5.74) is 4.74. The molecule has 0 bridgehead atoms. The highest BCUT2D eigenvalue weighted by atomic mass is 79.9. The Kier molecular flexibility index (Phi) is 6.27. The monoisotopic (exact) mass is 570 g/mol. The maximum atomic E-state index is 13.6. The van der Waals surface area contributed by atoms with Gasteiger partial charge in [-0.25, -0.2) is 4.98 Å². The van der Waals surface area contributed by atoms with Gasteiger partial charge in [0.25, 0.3) is 5.56 Å². The Morgan fingerprint density at radius 1 is 1.08 bits per heavy atom. The average molecular weight is 571 g/mol. The third-order valence-corrected chi connectivity index (χ3v) is 7.74. The lowest BCUT2D eigenvalue weighted by atomic mass is 10.1. The van der Waals surface area contributed by atoms with Crippen LogP contribution in [0, 0.1) is 6.92 Å². The van der Waals surface area contributed by atoms with E-state index in [0.29, 0.717) is 23.3 Å². The number of benzene rings is 3. The molecule has 0 unspecified atom stereocenters. The number of ether oxygens (including phenoxy) is 2. The van der Waals surface area contributed by atoms with E-state index in [4.69, 9.17) is 19.6 Å². The van der Waals surface area contributed by atoms with Crippen LogP contribution in [-0.2, 0) is 6.54 Å². The van der Waals surface area contributed by atoms with Gasteiger partial charge in [0.05, 0.1) is 17.1 Å². The maximum absolute atomic E-state index is 13.6. The highest BCUT2D eigenvalue weighted by molar-refractivity contribution is 9.10. The molecule has 0 saturated heterocycles. The molecule has 0 saturated carbocycles. The molecule has 8 heteroatoms. The fourth-order valence-electron chi connectivity index (χ4n) is 4.94. The van der Waals surface area contributed by atoms with Gasteiger partial charge in [-0.05, 0) is 55.3 Å². The van der Waals surface area contributed by atoms with Crippen LogP contribution in [0.15, 0.2) is 75.0 Å². The van der Waals surface area contributed by atoms with E-state index in [0.717, 1.165) is 50.1 Å². The standard InChI is InChI=1S/C30H27BrN4O3/c1-4-18(2)29-33-25-11-10-21(31)14-23(25)30(36)35(29)32-15-24-19(3)34(26-8-6-5-7-22(24)26)16-20-9-12-27-28(13-20)38-17-37-27/h5-15,18H,4,16-17H2,1-3H3/t18-/m0/s1. The highest BCUT2D eigenvalue weighted by Crippen LogP contribution is 2.34. The van der Waals surface area contributed by atoms with Gasteiger partial charge in [0.2, 0.25) is 6.79 Å². The van der Waals surface area contributed by atoms with Crippen LogP contribution in [0.25, 0.3) is 21.8 Å². The van der Waals surface area contributed by atoms with Gasteiger partial charge in [0.15, 0.2) is 11.5 Å². The second kappa shape index (κ2) is 9.76. The second-order valence-electron chi connectivity index (χ2n) is 9.59. The quantitative estimate of drug-likeness (QED) is 0.216. The number of halogens is 1. The first kappa shape index (κ1) is 24.4. The Morgan fingerprint density at radius 2 is 1.89 bits per heavy atom. The molecule has 3 heterocycles. The minimum absolute atomic E-state index is 0.0707. The van der Waals surface area contributed by atoms with Crippen molar-refractivity contribution in [1.82, 2.24) is 14.2 Å². The van der Waals surface area contributed by atoms with Crippen molar-refractivity contribution < 1.29 is 9.47 Å². The summed E-state index contributed by atoms with van der Waals surface area (Å²) in [6.07, 6.45) is 2.64. The molecule has 0 spiro atoms. The van der Waals surface area contributed by atoms with Gasteiger partial charge in [-0.1, -0.05) is 54.0 Å². The zero-order valence-electron chi connectivity index (χ0n) is 21.4. The van der Waals surface area contributed by atoms with E-state index >= 15 is 0 Å². The van der Waals surface area contributed by atoms with Crippen molar-refractivity contribution in [1.29, 1.82) is 0 Å². The predicted octanol–water partition coefficient (Wildman–Crippen LogP) is 6.59. The van der Waals surface area contributed by atoms with Crippen molar-refractivity contribution in [2.45, 2.75) is 39.7 Å². The summed E-state index contributed by atoms with van der Waals surface area (Å²) in [6.45, 7) is 7.16. The van der Waals surface area contributed by atoms with Crippen LogP contribution >= 0.6 is 15.9 Å². The number of nitrogens with zero attached hydrogens (tertiary/aromatic N) is 4. The number of para-hydroxylation sites is 1. The third-order valence-electron chi connectivity index (χ3n) is 7.25. The summed E-state index contributed by atoms with van der Waals surface area (Å²) in [7, 11) is 0. The zero-order chi connectivity index (χ0) is 26.4. The van der Waals surface area contributed by atoms with E-state index in [9.17, 15) is 4.79 Å². The molecule has 3 aromatic carbocycles. The lowest BCUT2D eigenvalue weighted by molar-refractivity contribution is 0.174. The van der Waals surface area contributed by atoms with Crippen LogP contribution in [0.2, 0.25) is 0 Å². The van der Waals surface area contributed by atoms with Crippen molar-refractivity contribution >= 4 is 44.0 Å². The lowest BCUT2D eigenvalue weighted by Crippen LogP contribution is -2.23. The smallest absolute Gasteiger partial charge is 0.282 e. The molecule has 7 nitrogen and oxygen atoms in total. The molecule has 38 heavy (non-hydrogen) atoms. The van der Waals surface area contributed by atoms with E-state index in [-0.39, 0.29) is 18.3 Å². The minimum atomic E-state index is -0.176. The topological polar surface area (TPSA) is 70.6 Å². The SMILES string of the molecule is CC[C@H](C)c1nc2ccc(Br)cc2c(=O)n1N=Cc1c(C)n(Cc2ccc3c(c2)OCO3)c2ccccc12. The average Bonchev–Trinajstić information content (AvgIpc) is 3.50. The number of fused-ring (bicyclic) bond motifs is 3. The van der Waals surface area contributed by atoms with Crippen LogP contribution in [0.5, 0.6) is 11.5 Å². The van der Waals surface area contributed by atoms with Gasteiger partial charge in [-0.2, -0.15) is 9.78 Å². The molecule has 0 N–H and O–H groups in total. The van der Waals surface area contributed by atoms with Crippen LogP contribution in [0.3, 0.4) is 0 Å². The molecule has 1 aliphatic heterocycles. The third kappa shape index (κ3) is 4.19. The first-order valence-electron chi connectivity index (χ1n) is 12.7. The van der Waals surface area contributed by atoms with Gasteiger partial charge in [0.1, 0.15) is 5.82 Å². The minimum Gasteiger partial charge on any atom is -0.454 e. The summed E-state index contributed by atoms with van der Waals surface area (Å²) >= 11 is 3.48. The van der Waals surface area contributed by atoms with Gasteiger partial charge < -0.3 is 14.0 Å². The fraction of sp³-hybridized carbons (Fsp3) is 0.233. The fourth-order valence-corrected chi connectivity index (χ4v) is 5.30. The van der Waals surface area contributed by atoms with Crippen LogP contribution in [0.4, 0.5) is 0 Å². The van der Waals surface area contributed by atoms with Crippen LogP contribution < -0.4 is 15.0 Å². The molecule has 6 rings (SSSR count). The Hall–Kier alpha value is -3.91. The first-order valence-corrected chi connectivity index (χ1v) is 13.5. The van der Waals surface area contributed by atoms with Crippen LogP contribution in [0.1, 0.15) is 48.8 Å². The van der Waals surface area contributed by atoms with Crippen molar-refractivity contribution in [2.24, 2.45) is 5.10 Å². The second-order valence-corrected chi connectivity index (χ2v) is 10.5. The molecule has 1 atom stereocenters. The molecule has 5 aromatic rings. The molecule has 192 valence electrons. The lowest BCUT2D eigenvalue weighted by Gasteiger charge is -2.14. The maximum Gasteiger partial charge on any atom is 0.282 e. The van der Waals surface area contributed by atoms with E-state index in [1.165, 1.54) is 4.68 Å². The molecule has 0 fully saturated rings. The molecular formula is C30H27BrN4O3. The Bertz CT molecular complexity index is 1790. The summed E-state index contributed by atoms with van der Waals surface area (Å²) in [5.74, 6) is 2.27. The van der Waals surface area contributed by atoms with E-state index in [2.05, 4.69) is 59.5 Å². The van der Waals surface area contributed by atoms with E-state index in [1.807, 2.05) is 36.4 Å². The Morgan fingerprint density at radius 3 is 2.74 bits per heavy atom. The van der Waals surface area contributed by atoms with Crippen molar-refractivity contribution in [3.63, 3.8) is 0 Å². The molecule has 2 aromatic heterocycles. The Labute approximate surface area is 228 Å². The number of aromatic nitrogens is 3. The summed E-state index contributed by atoms with van der Waals surface area (Å²) < 4.78 is 15.6. The van der Waals surface area contributed by atoms with Gasteiger partial charge in [0, 0.05) is 39.1 Å². The van der Waals surface area contributed by atoms with E-state index in [1.54, 1.807) is 12.3 Å². The normalized spacial score (nSPS) is 13.7. The van der Waals surface area contributed by atoms with Crippen LogP contribution in [-0.4, -0.2) is 27.2 Å². The molecular weight excluding hydrogens is 544 g/mol. The van der Waals surface area contributed by atoms with Gasteiger partial charge in [-0.3, -0.25) is 4.79 Å². The summed E-state index contributed by atoms with van der Waals surface area (Å²) in [4.78, 5) is 18.4. The highest BCUT2D eigenvalue weighted by Gasteiger charge is 2.18. The summed E-state index contributed by atoms with van der Waals surface area (Å²) in [5, 5.41) is 6.36. The zero-order valence-corrected chi connectivity index (χ0v) is 23.0. The summed E-state index contributed by atoms with van der Waals surface area (Å²) in [6, 6.07) is 19.9. The molecule has 0 amide bonds. The Balaban J connectivity index is 1.47. The number of rotatable bonds is 6. The predicted molar refractivity (Wildman–Crippen MR) is 154 cm³/mol. The number of hydrogen-bond donors (Lipinski definition) is 0. The molecule has 1 aliphatic rings. The van der Waals surface area contributed by atoms with Crippen molar-refractivity contribution in [2.75, 3.05) is 6.79 Å². The molecule has 0 radical (unpaired) electrons. The van der Waals surface area contributed by atoms with Gasteiger partial charge >= 0.3 is 0 Å². The largest absolute Gasteiger partial charge is 0.454 e. The number of hydrogen-bond acceptors (Lipinski definition) is 5. The van der Waals surface area contributed by atoms with Crippen molar-refractivity contribution in [3.05, 3.63) is 98.1 Å².